The first-order valence-corrected chi connectivity index (χ1v) is 8.39. The molecule has 0 aliphatic heterocycles. The summed E-state index contributed by atoms with van der Waals surface area (Å²) < 4.78 is 5.12. The van der Waals surface area contributed by atoms with Crippen molar-refractivity contribution in [1.29, 1.82) is 0 Å². The van der Waals surface area contributed by atoms with Crippen LogP contribution in [0.2, 0.25) is 0 Å². The van der Waals surface area contributed by atoms with Gasteiger partial charge in [0, 0.05) is 5.56 Å². The Morgan fingerprint density at radius 2 is 1.81 bits per heavy atom. The molecule has 6 nitrogen and oxygen atoms in total. The number of carbonyl (C=O) groups is 2. The van der Waals surface area contributed by atoms with Crippen molar-refractivity contribution in [2.75, 3.05) is 13.7 Å². The fourth-order valence-corrected chi connectivity index (χ4v) is 2.62. The van der Waals surface area contributed by atoms with Gasteiger partial charge in [-0.05, 0) is 34.5 Å². The summed E-state index contributed by atoms with van der Waals surface area (Å²) in [6, 6.07) is 20.4. The van der Waals surface area contributed by atoms with E-state index in [2.05, 4.69) is 15.8 Å². The summed E-state index contributed by atoms with van der Waals surface area (Å²) in [4.78, 5) is 24.3. The van der Waals surface area contributed by atoms with Gasteiger partial charge in [-0.1, -0.05) is 48.5 Å². The number of fused-ring (bicyclic) bond motifs is 1. The van der Waals surface area contributed by atoms with E-state index in [-0.39, 0.29) is 12.5 Å². The van der Waals surface area contributed by atoms with Crippen molar-refractivity contribution in [2.45, 2.75) is 0 Å². The van der Waals surface area contributed by atoms with Crippen molar-refractivity contribution >= 4 is 28.8 Å². The molecule has 0 aliphatic rings. The van der Waals surface area contributed by atoms with E-state index in [1.54, 1.807) is 19.2 Å². The lowest BCUT2D eigenvalue weighted by atomic mass is 10.0. The molecule has 0 aromatic heterocycles. The van der Waals surface area contributed by atoms with Gasteiger partial charge in [-0.2, -0.15) is 5.10 Å². The van der Waals surface area contributed by atoms with Gasteiger partial charge in [-0.25, -0.2) is 5.43 Å². The summed E-state index contributed by atoms with van der Waals surface area (Å²) in [5.74, 6) is -0.0194. The van der Waals surface area contributed by atoms with Crippen LogP contribution in [0.1, 0.15) is 15.9 Å². The highest BCUT2D eigenvalue weighted by molar-refractivity contribution is 6.07. The molecule has 27 heavy (non-hydrogen) atoms. The molecule has 0 aliphatic carbocycles. The molecule has 0 bridgehead atoms. The lowest BCUT2D eigenvalue weighted by Crippen LogP contribution is -2.35. The van der Waals surface area contributed by atoms with E-state index in [1.165, 1.54) is 6.21 Å². The maximum Gasteiger partial charge on any atom is 0.259 e. The first-order chi connectivity index (χ1) is 13.2. The summed E-state index contributed by atoms with van der Waals surface area (Å²) in [7, 11) is 1.58. The highest BCUT2D eigenvalue weighted by Gasteiger charge is 2.10. The molecule has 2 N–H and O–H groups in total. The zero-order valence-electron chi connectivity index (χ0n) is 14.8. The summed E-state index contributed by atoms with van der Waals surface area (Å²) in [6.07, 6.45) is 1.51. The van der Waals surface area contributed by atoms with Crippen LogP contribution in [-0.4, -0.2) is 31.7 Å². The number of amides is 2. The number of ether oxygens (including phenoxy) is 1. The molecule has 0 fully saturated rings. The molecule has 0 heterocycles. The molecule has 0 saturated heterocycles. The quantitative estimate of drug-likeness (QED) is 0.523. The van der Waals surface area contributed by atoms with Crippen LogP contribution in [0.15, 0.2) is 71.8 Å². The number of hydrazone groups is 1. The lowest BCUT2D eigenvalue weighted by Gasteiger charge is -2.07. The Kier molecular flexibility index (Phi) is 5.79. The lowest BCUT2D eigenvalue weighted by molar-refractivity contribution is -0.120. The maximum absolute atomic E-state index is 12.4. The van der Waals surface area contributed by atoms with E-state index in [4.69, 9.17) is 4.74 Å². The number of hydrogen-bond acceptors (Lipinski definition) is 4. The molecule has 0 radical (unpaired) electrons. The van der Waals surface area contributed by atoms with Gasteiger partial charge >= 0.3 is 0 Å². The Bertz CT molecular complexity index is 993. The van der Waals surface area contributed by atoms with Gasteiger partial charge in [-0.3, -0.25) is 9.59 Å². The predicted octanol–water partition coefficient (Wildman–Crippen LogP) is 2.73. The molecule has 0 atom stereocenters. The van der Waals surface area contributed by atoms with Crippen LogP contribution < -0.4 is 15.5 Å². The number of methoxy groups -OCH3 is 1. The molecule has 3 aromatic carbocycles. The minimum atomic E-state index is -0.414. The van der Waals surface area contributed by atoms with Crippen LogP contribution in [-0.2, 0) is 4.79 Å². The number of benzene rings is 3. The van der Waals surface area contributed by atoms with Crippen molar-refractivity contribution < 1.29 is 14.3 Å². The van der Waals surface area contributed by atoms with Crippen LogP contribution in [0, 0.1) is 0 Å². The molecule has 6 heteroatoms. The Morgan fingerprint density at radius 3 is 2.67 bits per heavy atom. The SMILES string of the molecule is COc1cccc(C=NNC(=O)CNC(=O)c2cccc3ccccc23)c1. The second kappa shape index (κ2) is 8.62. The number of nitrogens with one attached hydrogen (secondary N) is 2. The molecule has 0 unspecified atom stereocenters. The fraction of sp³-hybridized carbons (Fsp3) is 0.0952. The topological polar surface area (TPSA) is 79.8 Å². The van der Waals surface area contributed by atoms with E-state index in [0.29, 0.717) is 11.3 Å². The Balaban J connectivity index is 1.55. The Labute approximate surface area is 156 Å². The first kappa shape index (κ1) is 18.1. The minimum Gasteiger partial charge on any atom is -0.497 e. The number of carbonyl (C=O) groups excluding carboxylic acids is 2. The van der Waals surface area contributed by atoms with E-state index in [9.17, 15) is 9.59 Å². The second-order valence-electron chi connectivity index (χ2n) is 5.78. The molecule has 2 amide bonds. The van der Waals surface area contributed by atoms with E-state index >= 15 is 0 Å². The molecule has 3 rings (SSSR count). The summed E-state index contributed by atoms with van der Waals surface area (Å²) in [6.45, 7) is -0.169. The third-order valence-corrected chi connectivity index (χ3v) is 3.94. The van der Waals surface area contributed by atoms with Crippen LogP contribution in [0.3, 0.4) is 0 Å². The summed E-state index contributed by atoms with van der Waals surface area (Å²) >= 11 is 0. The molecule has 3 aromatic rings. The van der Waals surface area contributed by atoms with E-state index < -0.39 is 5.91 Å². The molecule has 136 valence electrons. The van der Waals surface area contributed by atoms with Crippen molar-refractivity contribution in [3.63, 3.8) is 0 Å². The molecular weight excluding hydrogens is 342 g/mol. The van der Waals surface area contributed by atoms with Crippen molar-refractivity contribution in [2.24, 2.45) is 5.10 Å². The standard InChI is InChI=1S/C21H19N3O3/c1-27-17-9-4-6-15(12-17)13-23-24-20(25)14-22-21(26)19-11-5-8-16-7-2-3-10-18(16)19/h2-13H,14H2,1H3,(H,22,26)(H,24,25). The van der Waals surface area contributed by atoms with Crippen molar-refractivity contribution in [1.82, 2.24) is 10.7 Å². The van der Waals surface area contributed by atoms with Crippen LogP contribution in [0.5, 0.6) is 5.75 Å². The predicted molar refractivity (Wildman–Crippen MR) is 105 cm³/mol. The van der Waals surface area contributed by atoms with Crippen LogP contribution >= 0.6 is 0 Å². The fourth-order valence-electron chi connectivity index (χ4n) is 2.62. The largest absolute Gasteiger partial charge is 0.497 e. The van der Waals surface area contributed by atoms with Gasteiger partial charge in [0.15, 0.2) is 0 Å². The highest BCUT2D eigenvalue weighted by atomic mass is 16.5. The van der Waals surface area contributed by atoms with Crippen LogP contribution in [0.25, 0.3) is 10.8 Å². The highest BCUT2D eigenvalue weighted by Crippen LogP contribution is 2.18. The third-order valence-electron chi connectivity index (χ3n) is 3.94. The molecule has 0 saturated carbocycles. The van der Waals surface area contributed by atoms with Gasteiger partial charge in [-0.15, -0.1) is 0 Å². The van der Waals surface area contributed by atoms with Crippen molar-refractivity contribution in [3.05, 3.63) is 77.9 Å². The minimum absolute atomic E-state index is 0.169. The summed E-state index contributed by atoms with van der Waals surface area (Å²) in [5, 5.41) is 8.31. The maximum atomic E-state index is 12.4. The smallest absolute Gasteiger partial charge is 0.259 e. The zero-order chi connectivity index (χ0) is 19.1. The van der Waals surface area contributed by atoms with Crippen molar-refractivity contribution in [3.8, 4) is 5.75 Å². The molecule has 0 spiro atoms. The molecular formula is C21H19N3O3. The zero-order valence-corrected chi connectivity index (χ0v) is 14.8. The summed E-state index contributed by atoms with van der Waals surface area (Å²) in [5.41, 5.74) is 3.70. The average Bonchev–Trinajstić information content (AvgIpc) is 2.71. The van der Waals surface area contributed by atoms with Gasteiger partial charge in [0.25, 0.3) is 11.8 Å². The van der Waals surface area contributed by atoms with Gasteiger partial charge in [0.05, 0.1) is 19.9 Å². The number of nitrogens with zero attached hydrogens (tertiary/aromatic N) is 1. The third kappa shape index (κ3) is 4.70. The average molecular weight is 361 g/mol. The van der Waals surface area contributed by atoms with E-state index in [1.807, 2.05) is 54.6 Å². The van der Waals surface area contributed by atoms with Crippen LogP contribution in [0.4, 0.5) is 0 Å². The number of rotatable bonds is 6. The number of hydrogen-bond donors (Lipinski definition) is 2. The van der Waals surface area contributed by atoms with E-state index in [0.717, 1.165) is 16.3 Å². The monoisotopic (exact) mass is 361 g/mol. The van der Waals surface area contributed by atoms with Gasteiger partial charge < -0.3 is 10.1 Å². The Morgan fingerprint density at radius 1 is 1.04 bits per heavy atom. The van der Waals surface area contributed by atoms with Gasteiger partial charge in [0.2, 0.25) is 0 Å². The Hall–Kier alpha value is -3.67. The second-order valence-corrected chi connectivity index (χ2v) is 5.78. The van der Waals surface area contributed by atoms with Gasteiger partial charge in [0.1, 0.15) is 5.75 Å². The first-order valence-electron chi connectivity index (χ1n) is 8.39. The normalized spacial score (nSPS) is 10.7.